The van der Waals surface area contributed by atoms with Crippen molar-refractivity contribution in [3.63, 3.8) is 0 Å². The summed E-state index contributed by atoms with van der Waals surface area (Å²) in [5.74, 6) is -1.30. The van der Waals surface area contributed by atoms with Gasteiger partial charge in [-0.1, -0.05) is 6.07 Å². The van der Waals surface area contributed by atoms with E-state index in [0.29, 0.717) is 22.9 Å². The zero-order valence-corrected chi connectivity index (χ0v) is 11.6. The summed E-state index contributed by atoms with van der Waals surface area (Å²) >= 11 is 3.32. The maximum Gasteiger partial charge on any atom is 0.329 e. The van der Waals surface area contributed by atoms with Gasteiger partial charge >= 0.3 is 5.97 Å². The molecule has 1 aromatic rings. The number of aryl methyl sites for hydroxylation is 1. The predicted molar refractivity (Wildman–Crippen MR) is 70.6 cm³/mol. The molecule has 1 aliphatic rings. The van der Waals surface area contributed by atoms with Crippen LogP contribution in [0.3, 0.4) is 0 Å². The monoisotopic (exact) mass is 311 g/mol. The summed E-state index contributed by atoms with van der Waals surface area (Å²) in [6.45, 7) is 1.93. The van der Waals surface area contributed by atoms with Crippen LogP contribution in [-0.2, 0) is 4.79 Å². The molecule has 2 rings (SSSR count). The summed E-state index contributed by atoms with van der Waals surface area (Å²) in [5, 5.41) is 11.8. The van der Waals surface area contributed by atoms with E-state index in [4.69, 9.17) is 5.11 Å². The van der Waals surface area contributed by atoms with Crippen LogP contribution in [0, 0.1) is 6.92 Å². The van der Waals surface area contributed by atoms with E-state index < -0.39 is 11.5 Å². The second kappa shape index (κ2) is 4.72. The van der Waals surface area contributed by atoms with Crippen LogP contribution in [0.25, 0.3) is 0 Å². The smallest absolute Gasteiger partial charge is 0.329 e. The molecule has 96 valence electrons. The first kappa shape index (κ1) is 13.1. The van der Waals surface area contributed by atoms with E-state index in [1.54, 1.807) is 6.07 Å². The molecule has 0 saturated heterocycles. The fraction of sp³-hybridized carbons (Fsp3) is 0.385. The Morgan fingerprint density at radius 3 is 2.50 bits per heavy atom. The summed E-state index contributed by atoms with van der Waals surface area (Å²) in [5.41, 5.74) is 0.435. The van der Waals surface area contributed by atoms with E-state index in [1.165, 1.54) is 0 Å². The number of nitrogens with one attached hydrogen (secondary N) is 1. The Balaban J connectivity index is 2.19. The van der Waals surface area contributed by atoms with Crippen molar-refractivity contribution < 1.29 is 14.7 Å². The number of carbonyl (C=O) groups is 2. The largest absolute Gasteiger partial charge is 0.480 e. The highest BCUT2D eigenvalue weighted by Gasteiger charge is 2.45. The summed E-state index contributed by atoms with van der Waals surface area (Å²) in [6.07, 6.45) is 1.83. The van der Waals surface area contributed by atoms with E-state index in [1.807, 2.05) is 19.1 Å². The van der Waals surface area contributed by atoms with Crippen LogP contribution in [0.4, 0.5) is 0 Å². The molecular formula is C13H14BrNO3. The Kier molecular flexibility index (Phi) is 3.43. The molecule has 0 aromatic heterocycles. The fourth-order valence-electron chi connectivity index (χ4n) is 2.01. The number of amides is 1. The lowest BCUT2D eigenvalue weighted by molar-refractivity contribution is -0.148. The molecule has 5 heteroatoms. The van der Waals surface area contributed by atoms with E-state index in [-0.39, 0.29) is 5.91 Å². The fourth-order valence-corrected chi connectivity index (χ4v) is 2.68. The molecule has 0 radical (unpaired) electrons. The second-order valence-corrected chi connectivity index (χ2v) is 5.53. The Morgan fingerprint density at radius 1 is 1.39 bits per heavy atom. The molecule has 0 atom stereocenters. The van der Waals surface area contributed by atoms with Crippen molar-refractivity contribution in [3.8, 4) is 0 Å². The van der Waals surface area contributed by atoms with Gasteiger partial charge in [-0.15, -0.1) is 0 Å². The summed E-state index contributed by atoms with van der Waals surface area (Å²) in [4.78, 5) is 23.3. The average molecular weight is 312 g/mol. The van der Waals surface area contributed by atoms with E-state index in [9.17, 15) is 9.59 Å². The van der Waals surface area contributed by atoms with Gasteiger partial charge in [0.15, 0.2) is 0 Å². The van der Waals surface area contributed by atoms with Gasteiger partial charge in [0, 0.05) is 4.47 Å². The number of halogens is 1. The van der Waals surface area contributed by atoms with Gasteiger partial charge in [-0.3, -0.25) is 4.79 Å². The first-order valence-electron chi connectivity index (χ1n) is 5.77. The van der Waals surface area contributed by atoms with Crippen molar-refractivity contribution in [1.82, 2.24) is 5.32 Å². The first-order chi connectivity index (χ1) is 8.44. The van der Waals surface area contributed by atoms with Crippen molar-refractivity contribution in [2.75, 3.05) is 0 Å². The molecule has 1 fully saturated rings. The molecule has 0 bridgehead atoms. The number of carboxylic acids is 1. The predicted octanol–water partition coefficient (Wildman–Crippen LogP) is 2.49. The molecule has 18 heavy (non-hydrogen) atoms. The Hall–Kier alpha value is -1.36. The van der Waals surface area contributed by atoms with E-state index >= 15 is 0 Å². The van der Waals surface area contributed by atoms with Crippen LogP contribution >= 0.6 is 15.9 Å². The topological polar surface area (TPSA) is 66.4 Å². The Bertz CT molecular complexity index is 509. The Morgan fingerprint density at radius 2 is 2.06 bits per heavy atom. The maximum atomic E-state index is 12.1. The molecule has 4 nitrogen and oxygen atoms in total. The summed E-state index contributed by atoms with van der Waals surface area (Å²) in [6, 6.07) is 5.36. The van der Waals surface area contributed by atoms with Gasteiger partial charge in [-0.2, -0.15) is 0 Å². The number of hydrogen-bond donors (Lipinski definition) is 2. The minimum atomic E-state index is -1.07. The van der Waals surface area contributed by atoms with Crippen molar-refractivity contribution in [1.29, 1.82) is 0 Å². The normalized spacial score (nSPS) is 16.8. The van der Waals surface area contributed by atoms with Crippen molar-refractivity contribution in [3.05, 3.63) is 33.8 Å². The third kappa shape index (κ3) is 2.27. The lowest BCUT2D eigenvalue weighted by atomic mass is 9.76. The van der Waals surface area contributed by atoms with Gasteiger partial charge in [-0.05, 0) is 59.8 Å². The SMILES string of the molecule is Cc1ccc(C(=O)NC2(C(=O)O)CCC2)c(Br)c1. The highest BCUT2D eigenvalue weighted by atomic mass is 79.9. The van der Waals surface area contributed by atoms with Gasteiger partial charge in [0.1, 0.15) is 5.54 Å². The van der Waals surface area contributed by atoms with Gasteiger partial charge in [-0.25, -0.2) is 4.79 Å². The Labute approximate surface area is 114 Å². The number of rotatable bonds is 3. The van der Waals surface area contributed by atoms with Crippen LogP contribution < -0.4 is 5.32 Å². The highest BCUT2D eigenvalue weighted by Crippen LogP contribution is 2.32. The van der Waals surface area contributed by atoms with Crippen LogP contribution in [0.2, 0.25) is 0 Å². The standard InChI is InChI=1S/C13H14BrNO3/c1-8-3-4-9(10(14)7-8)11(16)15-13(12(17)18)5-2-6-13/h3-4,7H,2,5-6H2,1H3,(H,15,16)(H,17,18). The molecular weight excluding hydrogens is 298 g/mol. The van der Waals surface area contributed by atoms with Gasteiger partial charge in [0.2, 0.25) is 0 Å². The zero-order chi connectivity index (χ0) is 13.3. The van der Waals surface area contributed by atoms with Gasteiger partial charge < -0.3 is 10.4 Å². The average Bonchev–Trinajstić information content (AvgIpc) is 2.22. The zero-order valence-electron chi connectivity index (χ0n) is 10.00. The van der Waals surface area contributed by atoms with Crippen LogP contribution in [0.1, 0.15) is 35.2 Å². The first-order valence-corrected chi connectivity index (χ1v) is 6.56. The molecule has 1 saturated carbocycles. The number of aliphatic carboxylic acids is 1. The number of carbonyl (C=O) groups excluding carboxylic acids is 1. The van der Waals surface area contributed by atoms with Crippen LogP contribution in [0.5, 0.6) is 0 Å². The van der Waals surface area contributed by atoms with Gasteiger partial charge in [0.25, 0.3) is 5.91 Å². The number of carboxylic acid groups (broad SMARTS) is 1. The lowest BCUT2D eigenvalue weighted by Gasteiger charge is -2.38. The molecule has 0 aliphatic heterocycles. The summed E-state index contributed by atoms with van der Waals surface area (Å²) < 4.78 is 0.680. The van der Waals surface area contributed by atoms with Crippen LogP contribution in [-0.4, -0.2) is 22.5 Å². The third-order valence-corrected chi connectivity index (χ3v) is 3.99. The molecule has 1 aromatic carbocycles. The van der Waals surface area contributed by atoms with Crippen LogP contribution in [0.15, 0.2) is 22.7 Å². The maximum absolute atomic E-state index is 12.1. The molecule has 1 aliphatic carbocycles. The van der Waals surface area contributed by atoms with Crippen molar-refractivity contribution >= 4 is 27.8 Å². The highest BCUT2D eigenvalue weighted by molar-refractivity contribution is 9.10. The minimum Gasteiger partial charge on any atom is -0.480 e. The van der Waals surface area contributed by atoms with Crippen molar-refractivity contribution in [2.24, 2.45) is 0 Å². The number of benzene rings is 1. The van der Waals surface area contributed by atoms with Gasteiger partial charge in [0.05, 0.1) is 5.56 Å². The van der Waals surface area contributed by atoms with E-state index in [2.05, 4.69) is 21.2 Å². The quantitative estimate of drug-likeness (QED) is 0.901. The minimum absolute atomic E-state index is 0.344. The molecule has 0 unspecified atom stereocenters. The number of hydrogen-bond acceptors (Lipinski definition) is 2. The van der Waals surface area contributed by atoms with E-state index in [0.717, 1.165) is 12.0 Å². The second-order valence-electron chi connectivity index (χ2n) is 4.68. The molecule has 1 amide bonds. The molecule has 0 heterocycles. The lowest BCUT2D eigenvalue weighted by Crippen LogP contribution is -2.59. The summed E-state index contributed by atoms with van der Waals surface area (Å²) in [7, 11) is 0. The third-order valence-electron chi connectivity index (χ3n) is 3.34. The van der Waals surface area contributed by atoms with Crippen molar-refractivity contribution in [2.45, 2.75) is 31.7 Å². The molecule has 0 spiro atoms. The molecule has 2 N–H and O–H groups in total.